The van der Waals surface area contributed by atoms with Gasteiger partial charge in [-0.25, -0.2) is 12.8 Å². The molecule has 0 bridgehead atoms. The van der Waals surface area contributed by atoms with Crippen LogP contribution in [-0.2, 0) is 10.0 Å². The van der Waals surface area contributed by atoms with Gasteiger partial charge in [-0.15, -0.1) is 0 Å². The summed E-state index contributed by atoms with van der Waals surface area (Å²) in [6.45, 7) is 4.46. The van der Waals surface area contributed by atoms with Crippen molar-refractivity contribution < 1.29 is 22.3 Å². The molecule has 0 saturated carbocycles. The molecule has 2 rings (SSSR count). The van der Waals surface area contributed by atoms with E-state index in [0.717, 1.165) is 12.1 Å². The maximum absolute atomic E-state index is 14.2. The number of carbonyl (C=O) groups excluding carboxylic acids is 1. The van der Waals surface area contributed by atoms with Gasteiger partial charge in [-0.05, 0) is 30.3 Å². The summed E-state index contributed by atoms with van der Waals surface area (Å²) in [4.78, 5) is 13.8. The van der Waals surface area contributed by atoms with E-state index in [1.807, 2.05) is 18.2 Å². The Kier molecular flexibility index (Phi) is 7.53. The van der Waals surface area contributed by atoms with Crippen molar-refractivity contribution in [2.75, 3.05) is 33.3 Å². The van der Waals surface area contributed by atoms with E-state index in [-0.39, 0.29) is 36.7 Å². The molecule has 0 aromatic heterocycles. The molecule has 0 spiro atoms. The second-order valence-corrected chi connectivity index (χ2v) is 8.06. The van der Waals surface area contributed by atoms with Crippen LogP contribution in [0, 0.1) is 5.82 Å². The lowest BCUT2D eigenvalue weighted by atomic mass is 10.2. The second-order valence-electron chi connectivity index (χ2n) is 6.12. The minimum Gasteiger partial charge on any atom is -0.492 e. The van der Waals surface area contributed by atoms with E-state index in [9.17, 15) is 17.6 Å². The highest BCUT2D eigenvalue weighted by Gasteiger charge is 2.25. The molecule has 28 heavy (non-hydrogen) atoms. The first-order valence-corrected chi connectivity index (χ1v) is 10.5. The van der Waals surface area contributed by atoms with Crippen LogP contribution in [0.4, 0.5) is 4.39 Å². The molecule has 0 unspecified atom stereocenters. The van der Waals surface area contributed by atoms with Crippen molar-refractivity contribution in [2.24, 2.45) is 0 Å². The van der Waals surface area contributed by atoms with E-state index in [1.165, 1.54) is 22.3 Å². The summed E-state index contributed by atoms with van der Waals surface area (Å²) in [6, 6.07) is 12.4. The van der Waals surface area contributed by atoms with Crippen LogP contribution in [0.1, 0.15) is 24.2 Å². The quantitative estimate of drug-likeness (QED) is 0.640. The Bertz CT molecular complexity index is 900. The SMILES string of the molecule is CCN(CC)S(=O)(=O)c1ccc(F)c(C(=O)N(C)CCOc2ccccc2)c1. The average molecular weight is 408 g/mol. The zero-order chi connectivity index (χ0) is 20.7. The Morgan fingerprint density at radius 1 is 1.07 bits per heavy atom. The fourth-order valence-electron chi connectivity index (χ4n) is 2.67. The number of likely N-dealkylation sites (N-methyl/N-ethyl adjacent to an activating group) is 1. The van der Waals surface area contributed by atoms with Crippen LogP contribution in [0.5, 0.6) is 5.75 Å². The van der Waals surface area contributed by atoms with Crippen LogP contribution >= 0.6 is 0 Å². The number of ether oxygens (including phenoxy) is 1. The van der Waals surface area contributed by atoms with Crippen molar-refractivity contribution >= 4 is 15.9 Å². The lowest BCUT2D eigenvalue weighted by molar-refractivity contribution is 0.0769. The highest BCUT2D eigenvalue weighted by Crippen LogP contribution is 2.20. The van der Waals surface area contributed by atoms with Crippen molar-refractivity contribution in [3.05, 3.63) is 59.9 Å². The summed E-state index contributed by atoms with van der Waals surface area (Å²) in [6.07, 6.45) is 0. The Morgan fingerprint density at radius 3 is 2.32 bits per heavy atom. The fourth-order valence-corrected chi connectivity index (χ4v) is 4.15. The van der Waals surface area contributed by atoms with Gasteiger partial charge in [-0.2, -0.15) is 4.31 Å². The van der Waals surface area contributed by atoms with Gasteiger partial charge in [-0.3, -0.25) is 4.79 Å². The van der Waals surface area contributed by atoms with Gasteiger partial charge in [0.25, 0.3) is 5.91 Å². The second kappa shape index (κ2) is 9.66. The van der Waals surface area contributed by atoms with E-state index in [0.29, 0.717) is 5.75 Å². The third kappa shape index (κ3) is 5.08. The molecule has 2 aromatic carbocycles. The number of benzene rings is 2. The highest BCUT2D eigenvalue weighted by atomic mass is 32.2. The van der Waals surface area contributed by atoms with Gasteiger partial charge in [0.1, 0.15) is 18.2 Å². The smallest absolute Gasteiger partial charge is 0.256 e. The lowest BCUT2D eigenvalue weighted by Crippen LogP contribution is -2.33. The van der Waals surface area contributed by atoms with Gasteiger partial charge in [0, 0.05) is 20.1 Å². The van der Waals surface area contributed by atoms with Gasteiger partial charge in [0.15, 0.2) is 0 Å². The topological polar surface area (TPSA) is 66.9 Å². The average Bonchev–Trinajstić information content (AvgIpc) is 2.69. The molecule has 2 aromatic rings. The molecule has 0 saturated heterocycles. The van der Waals surface area contributed by atoms with E-state index in [2.05, 4.69) is 0 Å². The first-order chi connectivity index (χ1) is 13.3. The Labute approximate surface area is 165 Å². The summed E-state index contributed by atoms with van der Waals surface area (Å²) in [5.41, 5.74) is -0.282. The van der Waals surface area contributed by atoms with Gasteiger partial charge < -0.3 is 9.64 Å². The third-order valence-corrected chi connectivity index (χ3v) is 6.34. The fraction of sp³-hybridized carbons (Fsp3) is 0.350. The largest absolute Gasteiger partial charge is 0.492 e. The predicted molar refractivity (Wildman–Crippen MR) is 105 cm³/mol. The van der Waals surface area contributed by atoms with Crippen molar-refractivity contribution in [3.63, 3.8) is 0 Å². The number of sulfonamides is 1. The van der Waals surface area contributed by atoms with Gasteiger partial charge in [0.05, 0.1) is 17.0 Å². The summed E-state index contributed by atoms with van der Waals surface area (Å²) >= 11 is 0. The van der Waals surface area contributed by atoms with Crippen LogP contribution in [0.2, 0.25) is 0 Å². The molecule has 0 atom stereocenters. The maximum Gasteiger partial charge on any atom is 0.256 e. The zero-order valence-electron chi connectivity index (χ0n) is 16.3. The van der Waals surface area contributed by atoms with Crippen molar-refractivity contribution in [1.29, 1.82) is 0 Å². The molecule has 0 aliphatic carbocycles. The van der Waals surface area contributed by atoms with Crippen molar-refractivity contribution in [1.82, 2.24) is 9.21 Å². The van der Waals surface area contributed by atoms with Crippen LogP contribution in [0.3, 0.4) is 0 Å². The summed E-state index contributed by atoms with van der Waals surface area (Å²) < 4.78 is 46.3. The number of halogens is 1. The number of amides is 1. The summed E-state index contributed by atoms with van der Waals surface area (Å²) in [5.74, 6) is -0.702. The molecule has 0 N–H and O–H groups in total. The molecule has 6 nitrogen and oxygen atoms in total. The number of para-hydroxylation sites is 1. The van der Waals surface area contributed by atoms with E-state index in [4.69, 9.17) is 4.74 Å². The molecule has 8 heteroatoms. The minimum absolute atomic E-state index is 0.102. The Hall–Kier alpha value is -2.45. The summed E-state index contributed by atoms with van der Waals surface area (Å²) in [5, 5.41) is 0. The highest BCUT2D eigenvalue weighted by molar-refractivity contribution is 7.89. The lowest BCUT2D eigenvalue weighted by Gasteiger charge is -2.20. The third-order valence-electron chi connectivity index (χ3n) is 4.30. The van der Waals surface area contributed by atoms with Gasteiger partial charge in [-0.1, -0.05) is 32.0 Å². The molecule has 1 amide bonds. The van der Waals surface area contributed by atoms with Crippen LogP contribution in [-0.4, -0.2) is 56.8 Å². The normalized spacial score (nSPS) is 11.5. The standard InChI is InChI=1S/C20H25FN2O4S/c1-4-23(5-2)28(25,26)17-11-12-19(21)18(15-17)20(24)22(3)13-14-27-16-9-7-6-8-10-16/h6-12,15H,4-5,13-14H2,1-3H3. The molecule has 152 valence electrons. The molecular formula is C20H25FN2O4S. The minimum atomic E-state index is -3.78. The monoisotopic (exact) mass is 408 g/mol. The molecule has 0 radical (unpaired) electrons. The molecule has 0 fully saturated rings. The number of carbonyl (C=O) groups is 1. The first-order valence-electron chi connectivity index (χ1n) is 9.04. The maximum atomic E-state index is 14.2. The number of hydrogen-bond acceptors (Lipinski definition) is 4. The molecule has 0 aliphatic heterocycles. The Balaban J connectivity index is 2.13. The van der Waals surface area contributed by atoms with E-state index < -0.39 is 21.7 Å². The van der Waals surface area contributed by atoms with Crippen LogP contribution < -0.4 is 4.74 Å². The molecule has 0 heterocycles. The van der Waals surface area contributed by atoms with Gasteiger partial charge in [0.2, 0.25) is 10.0 Å². The number of rotatable bonds is 9. The van der Waals surface area contributed by atoms with Crippen LogP contribution in [0.25, 0.3) is 0 Å². The van der Waals surface area contributed by atoms with Crippen molar-refractivity contribution in [3.8, 4) is 5.75 Å². The number of hydrogen-bond donors (Lipinski definition) is 0. The van der Waals surface area contributed by atoms with E-state index in [1.54, 1.807) is 26.0 Å². The summed E-state index contributed by atoms with van der Waals surface area (Å²) in [7, 11) is -2.27. The first kappa shape index (κ1) is 21.8. The van der Waals surface area contributed by atoms with E-state index >= 15 is 0 Å². The zero-order valence-corrected chi connectivity index (χ0v) is 17.1. The molecular weight excluding hydrogens is 383 g/mol. The number of nitrogens with zero attached hydrogens (tertiary/aromatic N) is 2. The molecule has 0 aliphatic rings. The van der Waals surface area contributed by atoms with Crippen molar-refractivity contribution in [2.45, 2.75) is 18.7 Å². The Morgan fingerprint density at radius 2 is 1.71 bits per heavy atom. The van der Waals surface area contributed by atoms with Crippen LogP contribution in [0.15, 0.2) is 53.4 Å². The van der Waals surface area contributed by atoms with Gasteiger partial charge >= 0.3 is 0 Å². The predicted octanol–water partition coefficient (Wildman–Crippen LogP) is 3.01.